The maximum atomic E-state index is 4.07. The van der Waals surface area contributed by atoms with Crippen molar-refractivity contribution in [2.75, 3.05) is 0 Å². The summed E-state index contributed by atoms with van der Waals surface area (Å²) < 4.78 is 0. The van der Waals surface area contributed by atoms with Gasteiger partial charge in [0.25, 0.3) is 0 Å². The average Bonchev–Trinajstić information content (AvgIpc) is 2.93. The van der Waals surface area contributed by atoms with Crippen molar-refractivity contribution in [3.8, 4) is 0 Å². The largest absolute Gasteiger partial charge is 0.311 e. The van der Waals surface area contributed by atoms with Crippen LogP contribution in [0.1, 0.15) is 56.4 Å². The Morgan fingerprint density at radius 3 is 2.10 bits per heavy atom. The standard InChI is InChI=1S/C20H27N/c1-2-4-13(5-3-1)14-8-10-17(11-9-14)21-20-18-15-6-7-16(12-15)19(18)20/h1-5,14-21H,6-12H2. The first-order valence-corrected chi connectivity index (χ1v) is 9.21. The van der Waals surface area contributed by atoms with Crippen LogP contribution in [0, 0.1) is 23.7 Å². The first-order valence-electron chi connectivity index (χ1n) is 9.21. The van der Waals surface area contributed by atoms with Gasteiger partial charge in [0.15, 0.2) is 0 Å². The van der Waals surface area contributed by atoms with Crippen molar-refractivity contribution in [1.82, 2.24) is 5.32 Å². The lowest BCUT2D eigenvalue weighted by Gasteiger charge is -2.30. The van der Waals surface area contributed by atoms with E-state index in [0.717, 1.165) is 41.7 Å². The molecule has 0 aliphatic heterocycles. The molecule has 1 aromatic rings. The quantitative estimate of drug-likeness (QED) is 0.868. The third-order valence-electron chi connectivity index (χ3n) is 7.16. The van der Waals surface area contributed by atoms with E-state index in [2.05, 4.69) is 35.6 Å². The summed E-state index contributed by atoms with van der Waals surface area (Å²) in [6.45, 7) is 0. The zero-order valence-electron chi connectivity index (χ0n) is 12.9. The summed E-state index contributed by atoms with van der Waals surface area (Å²) in [4.78, 5) is 0. The number of benzene rings is 1. The molecule has 0 radical (unpaired) electrons. The van der Waals surface area contributed by atoms with Crippen molar-refractivity contribution in [3.05, 3.63) is 35.9 Å². The Kier molecular flexibility index (Phi) is 2.93. The molecule has 4 unspecified atom stereocenters. The minimum atomic E-state index is 0.819. The van der Waals surface area contributed by atoms with E-state index in [0.29, 0.717) is 0 Å². The molecule has 1 N–H and O–H groups in total. The van der Waals surface area contributed by atoms with Gasteiger partial charge in [-0.3, -0.25) is 0 Å². The number of fused-ring (bicyclic) bond motifs is 5. The van der Waals surface area contributed by atoms with Gasteiger partial charge in [0.05, 0.1) is 0 Å². The fourth-order valence-electron chi connectivity index (χ4n) is 6.14. The molecule has 5 rings (SSSR count). The van der Waals surface area contributed by atoms with E-state index in [4.69, 9.17) is 0 Å². The van der Waals surface area contributed by atoms with Crippen LogP contribution < -0.4 is 5.32 Å². The second-order valence-corrected chi connectivity index (χ2v) is 8.14. The molecule has 1 heteroatoms. The van der Waals surface area contributed by atoms with Crippen molar-refractivity contribution in [2.45, 2.75) is 62.9 Å². The van der Waals surface area contributed by atoms with Crippen LogP contribution in [0.25, 0.3) is 0 Å². The normalized spacial score (nSPS) is 47.3. The van der Waals surface area contributed by atoms with Crippen LogP contribution in [0.15, 0.2) is 30.3 Å². The zero-order valence-corrected chi connectivity index (χ0v) is 12.9. The highest BCUT2D eigenvalue weighted by molar-refractivity contribution is 5.21. The smallest absolute Gasteiger partial charge is 0.0138 e. The first-order chi connectivity index (χ1) is 10.4. The number of nitrogens with one attached hydrogen (secondary N) is 1. The molecular formula is C20H27N. The molecule has 1 aromatic carbocycles. The van der Waals surface area contributed by atoms with Crippen LogP contribution in [0.2, 0.25) is 0 Å². The lowest BCUT2D eigenvalue weighted by molar-refractivity contribution is 0.319. The highest BCUT2D eigenvalue weighted by Crippen LogP contribution is 2.65. The van der Waals surface area contributed by atoms with Crippen LogP contribution in [-0.2, 0) is 0 Å². The predicted octanol–water partition coefficient (Wildman–Crippen LogP) is 4.35. The fourth-order valence-corrected chi connectivity index (χ4v) is 6.14. The second kappa shape index (κ2) is 4.84. The molecule has 4 aliphatic carbocycles. The van der Waals surface area contributed by atoms with Crippen LogP contribution in [-0.4, -0.2) is 12.1 Å². The average molecular weight is 281 g/mol. The van der Waals surface area contributed by atoms with E-state index in [9.17, 15) is 0 Å². The van der Waals surface area contributed by atoms with Gasteiger partial charge in [0.1, 0.15) is 0 Å². The van der Waals surface area contributed by atoms with Gasteiger partial charge in [0.2, 0.25) is 0 Å². The van der Waals surface area contributed by atoms with E-state index >= 15 is 0 Å². The molecule has 0 amide bonds. The van der Waals surface area contributed by atoms with Gasteiger partial charge < -0.3 is 5.32 Å². The lowest BCUT2D eigenvalue weighted by Crippen LogP contribution is -2.36. The van der Waals surface area contributed by atoms with E-state index in [-0.39, 0.29) is 0 Å². The Labute approximate surface area is 128 Å². The Hall–Kier alpha value is -0.820. The molecule has 4 atom stereocenters. The summed E-state index contributed by atoms with van der Waals surface area (Å²) in [6.07, 6.45) is 10.2. The number of rotatable bonds is 3. The summed E-state index contributed by atoms with van der Waals surface area (Å²) in [5.74, 6) is 5.22. The maximum Gasteiger partial charge on any atom is 0.0138 e. The third kappa shape index (κ3) is 2.08. The van der Waals surface area contributed by atoms with Gasteiger partial charge >= 0.3 is 0 Å². The van der Waals surface area contributed by atoms with Gasteiger partial charge in [-0.15, -0.1) is 0 Å². The molecule has 0 spiro atoms. The number of hydrogen-bond acceptors (Lipinski definition) is 1. The summed E-state index contributed by atoms with van der Waals surface area (Å²) in [7, 11) is 0. The molecule has 4 saturated carbocycles. The topological polar surface area (TPSA) is 12.0 Å². The van der Waals surface area contributed by atoms with Crippen LogP contribution in [0.5, 0.6) is 0 Å². The minimum Gasteiger partial charge on any atom is -0.311 e. The summed E-state index contributed by atoms with van der Waals surface area (Å²) in [5, 5.41) is 4.07. The molecule has 4 fully saturated rings. The number of hydrogen-bond donors (Lipinski definition) is 1. The van der Waals surface area contributed by atoms with Crippen molar-refractivity contribution in [3.63, 3.8) is 0 Å². The fraction of sp³-hybridized carbons (Fsp3) is 0.700. The summed E-state index contributed by atoms with van der Waals surface area (Å²) in [5.41, 5.74) is 1.57. The molecule has 21 heavy (non-hydrogen) atoms. The summed E-state index contributed by atoms with van der Waals surface area (Å²) >= 11 is 0. The summed E-state index contributed by atoms with van der Waals surface area (Å²) in [6, 6.07) is 12.9. The van der Waals surface area contributed by atoms with Crippen molar-refractivity contribution >= 4 is 0 Å². The van der Waals surface area contributed by atoms with E-state index in [1.54, 1.807) is 24.8 Å². The van der Waals surface area contributed by atoms with Gasteiger partial charge in [-0.2, -0.15) is 0 Å². The molecule has 4 aliphatic rings. The second-order valence-electron chi connectivity index (χ2n) is 8.14. The first kappa shape index (κ1) is 12.7. The zero-order chi connectivity index (χ0) is 13.8. The molecular weight excluding hydrogens is 254 g/mol. The van der Waals surface area contributed by atoms with Crippen LogP contribution >= 0.6 is 0 Å². The molecule has 0 aromatic heterocycles. The van der Waals surface area contributed by atoms with Gasteiger partial charge in [-0.1, -0.05) is 30.3 Å². The van der Waals surface area contributed by atoms with E-state index in [1.165, 1.54) is 25.7 Å². The molecule has 0 saturated heterocycles. The Bertz CT molecular complexity index is 486. The molecule has 2 bridgehead atoms. The van der Waals surface area contributed by atoms with Crippen LogP contribution in [0.3, 0.4) is 0 Å². The Morgan fingerprint density at radius 1 is 0.762 bits per heavy atom. The molecule has 0 heterocycles. The van der Waals surface area contributed by atoms with E-state index in [1.807, 2.05) is 0 Å². The molecule has 112 valence electrons. The van der Waals surface area contributed by atoms with Crippen molar-refractivity contribution < 1.29 is 0 Å². The Morgan fingerprint density at radius 2 is 1.43 bits per heavy atom. The van der Waals surface area contributed by atoms with Gasteiger partial charge in [0, 0.05) is 12.1 Å². The van der Waals surface area contributed by atoms with Crippen molar-refractivity contribution in [1.29, 1.82) is 0 Å². The van der Waals surface area contributed by atoms with Gasteiger partial charge in [-0.05, 0) is 80.1 Å². The highest BCUT2D eigenvalue weighted by Gasteiger charge is 2.64. The maximum absolute atomic E-state index is 4.07. The monoisotopic (exact) mass is 281 g/mol. The van der Waals surface area contributed by atoms with Crippen LogP contribution in [0.4, 0.5) is 0 Å². The highest BCUT2D eigenvalue weighted by atomic mass is 15.0. The lowest BCUT2D eigenvalue weighted by atomic mass is 9.81. The minimum absolute atomic E-state index is 0.819. The molecule has 1 nitrogen and oxygen atoms in total. The SMILES string of the molecule is c1ccc(C2CCC(NC3C4C5CCC(C5)C34)CC2)cc1. The third-order valence-corrected chi connectivity index (χ3v) is 7.16. The van der Waals surface area contributed by atoms with Gasteiger partial charge in [-0.25, -0.2) is 0 Å². The Balaban J connectivity index is 1.16. The van der Waals surface area contributed by atoms with E-state index < -0.39 is 0 Å². The predicted molar refractivity (Wildman–Crippen MR) is 86.2 cm³/mol. The van der Waals surface area contributed by atoms with Crippen molar-refractivity contribution in [2.24, 2.45) is 23.7 Å².